The Hall–Kier alpha value is -3.10. The number of hydrogen-bond donors (Lipinski definition) is 1. The maximum absolute atomic E-state index is 13.1. The molecule has 174 valence electrons. The molecule has 1 N–H and O–H groups in total. The van der Waals surface area contributed by atoms with Gasteiger partial charge in [0.2, 0.25) is 0 Å². The van der Waals surface area contributed by atoms with Crippen molar-refractivity contribution in [2.24, 2.45) is 0 Å². The van der Waals surface area contributed by atoms with Crippen LogP contribution in [-0.2, 0) is 6.18 Å². The third kappa shape index (κ3) is 6.03. The molecular formula is C25H26F3N3O2. The first kappa shape index (κ1) is 24.5. The zero-order valence-corrected chi connectivity index (χ0v) is 18.7. The van der Waals surface area contributed by atoms with Gasteiger partial charge in [-0.25, -0.2) is 9.97 Å². The molecule has 0 saturated carbocycles. The van der Waals surface area contributed by atoms with Crippen molar-refractivity contribution in [3.8, 4) is 22.6 Å². The summed E-state index contributed by atoms with van der Waals surface area (Å²) in [6.45, 7) is 6.17. The number of Topliss-reactive ketones (excluding diaryl/α,β-unsaturated/α-hetero) is 1. The summed E-state index contributed by atoms with van der Waals surface area (Å²) in [5, 5.41) is 9.45. The number of benzene rings is 2. The number of likely N-dealkylation sites (N-methyl/N-ethyl adjacent to an activating group) is 1. The molecule has 8 heteroatoms. The van der Waals surface area contributed by atoms with E-state index in [2.05, 4.69) is 9.97 Å². The third-order valence-electron chi connectivity index (χ3n) is 5.44. The summed E-state index contributed by atoms with van der Waals surface area (Å²) >= 11 is 0. The van der Waals surface area contributed by atoms with Crippen LogP contribution in [0.25, 0.3) is 22.6 Å². The van der Waals surface area contributed by atoms with E-state index in [1.54, 1.807) is 0 Å². The maximum Gasteiger partial charge on any atom is 0.416 e. The summed E-state index contributed by atoms with van der Waals surface area (Å²) in [6, 6.07) is 13.4. The molecule has 0 aliphatic carbocycles. The molecule has 3 rings (SSSR count). The second-order valence-electron chi connectivity index (χ2n) is 7.92. The second kappa shape index (κ2) is 10.2. The van der Waals surface area contributed by atoms with Crippen LogP contribution in [0.4, 0.5) is 13.2 Å². The number of nitrogens with zero attached hydrogens (tertiary/aromatic N) is 3. The molecule has 0 aliphatic heterocycles. The van der Waals surface area contributed by atoms with Gasteiger partial charge in [-0.15, -0.1) is 0 Å². The molecule has 2 aromatic carbocycles. The second-order valence-corrected chi connectivity index (χ2v) is 7.92. The van der Waals surface area contributed by atoms with Crippen molar-refractivity contribution in [3.05, 3.63) is 71.4 Å². The van der Waals surface area contributed by atoms with Crippen LogP contribution in [0.15, 0.2) is 54.6 Å². The smallest absolute Gasteiger partial charge is 0.395 e. The Morgan fingerprint density at radius 2 is 1.76 bits per heavy atom. The first-order chi connectivity index (χ1) is 15.6. The van der Waals surface area contributed by atoms with Gasteiger partial charge in [-0.1, -0.05) is 42.8 Å². The van der Waals surface area contributed by atoms with E-state index >= 15 is 0 Å². The van der Waals surface area contributed by atoms with Crippen LogP contribution in [-0.4, -0.2) is 51.5 Å². The Morgan fingerprint density at radius 3 is 2.33 bits per heavy atom. The lowest BCUT2D eigenvalue weighted by atomic mass is 10.1. The predicted octanol–water partition coefficient (Wildman–Crippen LogP) is 5.02. The minimum atomic E-state index is -4.44. The monoisotopic (exact) mass is 457 g/mol. The molecule has 0 bridgehead atoms. The molecule has 1 aromatic heterocycles. The van der Waals surface area contributed by atoms with Gasteiger partial charge >= 0.3 is 6.18 Å². The highest BCUT2D eigenvalue weighted by Gasteiger charge is 2.30. The van der Waals surface area contributed by atoms with E-state index in [0.717, 1.165) is 17.7 Å². The molecular weight excluding hydrogens is 431 g/mol. The number of aromatic nitrogens is 2. The standard InChI is InChI=1S/C25H26F3N3O2/c1-4-31(17(3)15-32)14-23(33)22-13-21(18-8-10-20(11-9-18)25(26,27)28)29-24(30-22)19-7-5-6-16(2)12-19/h5-13,17,32H,4,14-15H2,1-3H3. The van der Waals surface area contributed by atoms with Gasteiger partial charge in [0.1, 0.15) is 5.69 Å². The zero-order chi connectivity index (χ0) is 24.2. The van der Waals surface area contributed by atoms with E-state index in [-0.39, 0.29) is 30.7 Å². The van der Waals surface area contributed by atoms with E-state index in [0.29, 0.717) is 29.2 Å². The van der Waals surface area contributed by atoms with E-state index < -0.39 is 11.7 Å². The lowest BCUT2D eigenvalue weighted by Crippen LogP contribution is -2.39. The van der Waals surface area contributed by atoms with E-state index in [4.69, 9.17) is 0 Å². The highest BCUT2D eigenvalue weighted by atomic mass is 19.4. The van der Waals surface area contributed by atoms with Crippen molar-refractivity contribution in [1.29, 1.82) is 0 Å². The van der Waals surface area contributed by atoms with Crippen LogP contribution < -0.4 is 0 Å². The van der Waals surface area contributed by atoms with Gasteiger partial charge in [-0.2, -0.15) is 13.2 Å². The van der Waals surface area contributed by atoms with Gasteiger partial charge in [0.15, 0.2) is 11.6 Å². The highest BCUT2D eigenvalue weighted by molar-refractivity contribution is 5.97. The normalized spacial score (nSPS) is 12.7. The summed E-state index contributed by atoms with van der Waals surface area (Å²) < 4.78 is 38.9. The summed E-state index contributed by atoms with van der Waals surface area (Å²) in [5.41, 5.74) is 1.90. The average Bonchev–Trinajstić information content (AvgIpc) is 2.81. The number of carbonyl (C=O) groups is 1. The van der Waals surface area contributed by atoms with Crippen LogP contribution >= 0.6 is 0 Å². The van der Waals surface area contributed by atoms with Gasteiger partial charge in [0.05, 0.1) is 24.4 Å². The number of hydrogen-bond acceptors (Lipinski definition) is 5. The number of aryl methyl sites for hydroxylation is 1. The molecule has 0 saturated heterocycles. The van der Waals surface area contributed by atoms with Gasteiger partial charge in [-0.3, -0.25) is 9.69 Å². The molecule has 0 spiro atoms. The fourth-order valence-electron chi connectivity index (χ4n) is 3.44. The molecule has 5 nitrogen and oxygen atoms in total. The summed E-state index contributed by atoms with van der Waals surface area (Å²) in [4.78, 5) is 23.9. The number of rotatable bonds is 8. The van der Waals surface area contributed by atoms with Crippen LogP contribution in [0.1, 0.15) is 35.5 Å². The Morgan fingerprint density at radius 1 is 1.06 bits per heavy atom. The van der Waals surface area contributed by atoms with Crippen molar-refractivity contribution in [3.63, 3.8) is 0 Å². The summed E-state index contributed by atoms with van der Waals surface area (Å²) in [6.07, 6.45) is -4.44. The minimum Gasteiger partial charge on any atom is -0.395 e. The number of ketones is 1. The molecule has 0 radical (unpaired) electrons. The fourth-order valence-corrected chi connectivity index (χ4v) is 3.44. The number of aliphatic hydroxyl groups is 1. The van der Waals surface area contributed by atoms with Gasteiger partial charge in [-0.05, 0) is 44.7 Å². The average molecular weight is 457 g/mol. The van der Waals surface area contributed by atoms with E-state index in [9.17, 15) is 23.1 Å². The van der Waals surface area contributed by atoms with Crippen LogP contribution in [0, 0.1) is 6.92 Å². The number of aliphatic hydroxyl groups excluding tert-OH is 1. The number of alkyl halides is 3. The first-order valence-corrected chi connectivity index (χ1v) is 10.6. The zero-order valence-electron chi connectivity index (χ0n) is 18.7. The summed E-state index contributed by atoms with van der Waals surface area (Å²) in [7, 11) is 0. The molecule has 1 atom stereocenters. The Balaban J connectivity index is 2.06. The number of halogens is 3. The molecule has 0 fully saturated rings. The molecule has 1 unspecified atom stereocenters. The van der Waals surface area contributed by atoms with Crippen molar-refractivity contribution < 1.29 is 23.1 Å². The lowest BCUT2D eigenvalue weighted by Gasteiger charge is -2.25. The topological polar surface area (TPSA) is 66.3 Å². The Kier molecular flexibility index (Phi) is 7.61. The maximum atomic E-state index is 13.1. The quantitative estimate of drug-likeness (QED) is 0.481. The first-order valence-electron chi connectivity index (χ1n) is 10.6. The molecule has 0 amide bonds. The van der Waals surface area contributed by atoms with Crippen molar-refractivity contribution in [2.75, 3.05) is 19.7 Å². The van der Waals surface area contributed by atoms with Crippen molar-refractivity contribution in [2.45, 2.75) is 33.0 Å². The van der Waals surface area contributed by atoms with Crippen molar-refractivity contribution >= 4 is 5.78 Å². The number of carbonyl (C=O) groups excluding carboxylic acids is 1. The Bertz CT molecular complexity index is 1110. The van der Waals surface area contributed by atoms with Crippen LogP contribution in [0.5, 0.6) is 0 Å². The molecule has 1 heterocycles. The Labute approximate surface area is 190 Å². The highest BCUT2D eigenvalue weighted by Crippen LogP contribution is 2.31. The molecule has 0 aliphatic rings. The SMILES string of the molecule is CCN(CC(=O)c1cc(-c2ccc(C(F)(F)F)cc2)nc(-c2cccc(C)c2)n1)C(C)CO. The summed E-state index contributed by atoms with van der Waals surface area (Å²) in [5.74, 6) is 0.0549. The van der Waals surface area contributed by atoms with E-state index in [1.807, 2.05) is 49.9 Å². The lowest BCUT2D eigenvalue weighted by molar-refractivity contribution is -0.137. The molecule has 3 aromatic rings. The van der Waals surface area contributed by atoms with Crippen LogP contribution in [0.2, 0.25) is 0 Å². The third-order valence-corrected chi connectivity index (χ3v) is 5.44. The van der Waals surface area contributed by atoms with Gasteiger partial charge < -0.3 is 5.11 Å². The largest absolute Gasteiger partial charge is 0.416 e. The van der Waals surface area contributed by atoms with E-state index in [1.165, 1.54) is 18.2 Å². The van der Waals surface area contributed by atoms with Crippen LogP contribution in [0.3, 0.4) is 0 Å². The van der Waals surface area contributed by atoms with Crippen molar-refractivity contribution in [1.82, 2.24) is 14.9 Å². The fraction of sp³-hybridized carbons (Fsp3) is 0.320. The minimum absolute atomic E-state index is 0.0505. The van der Waals surface area contributed by atoms with Gasteiger partial charge in [0, 0.05) is 17.2 Å². The predicted molar refractivity (Wildman–Crippen MR) is 121 cm³/mol. The molecule has 33 heavy (non-hydrogen) atoms. The van der Waals surface area contributed by atoms with Gasteiger partial charge in [0.25, 0.3) is 0 Å².